The fraction of sp³-hybridized carbons (Fsp3) is 0.875. The van der Waals surface area contributed by atoms with Gasteiger partial charge in [-0.05, 0) is 29.4 Å². The monoisotopic (exact) mass is 223 g/mol. The van der Waals surface area contributed by atoms with Crippen LogP contribution in [0.15, 0.2) is 0 Å². The number of nitrogens with zero attached hydrogens (tertiary/aromatic N) is 1. The fourth-order valence-corrected chi connectivity index (χ4v) is 2.84. The Balaban J connectivity index is 2.30. The summed E-state index contributed by atoms with van der Waals surface area (Å²) in [5.74, 6) is 1.12. The lowest BCUT2D eigenvalue weighted by molar-refractivity contribution is -0.130. The molecule has 0 spiro atoms. The molecular weight excluding hydrogens is 210 g/mol. The second-order valence-electron chi connectivity index (χ2n) is 3.41. The molecule has 13 heavy (non-hydrogen) atoms. The normalized spacial score (nSPS) is 21.5. The molecule has 0 radical (unpaired) electrons. The summed E-state index contributed by atoms with van der Waals surface area (Å²) >= 11 is 0. The quantitative estimate of drug-likeness (QED) is 0.659. The van der Waals surface area contributed by atoms with Crippen molar-refractivity contribution in [2.24, 2.45) is 5.92 Å². The van der Waals surface area contributed by atoms with Crippen molar-refractivity contribution in [3.05, 3.63) is 0 Å². The van der Waals surface area contributed by atoms with Gasteiger partial charge in [0.05, 0.1) is 0 Å². The van der Waals surface area contributed by atoms with E-state index in [1.165, 1.54) is 0 Å². The molecule has 1 aliphatic rings. The number of rotatable bonds is 2. The molecule has 1 heterocycles. The van der Waals surface area contributed by atoms with Crippen LogP contribution >= 0.6 is 10.7 Å². The van der Waals surface area contributed by atoms with Gasteiger partial charge in [0.1, 0.15) is 10.0 Å². The fourth-order valence-electron chi connectivity index (χ4n) is 1.60. The molecule has 0 aromatic heterocycles. The van der Waals surface area contributed by atoms with Crippen LogP contribution < -0.4 is 0 Å². The standard InChI is InChI=1S/C8H14ClNO2S/c1-7(11)10-4-2-8(3-5-10)6-13(9)12/h8H,2-6H2,1H3. The van der Waals surface area contributed by atoms with Crippen LogP contribution in [-0.4, -0.2) is 33.9 Å². The summed E-state index contributed by atoms with van der Waals surface area (Å²) in [6.07, 6.45) is 1.86. The van der Waals surface area contributed by atoms with E-state index in [2.05, 4.69) is 0 Å². The number of carbonyl (C=O) groups excluding carboxylic acids is 1. The van der Waals surface area contributed by atoms with E-state index in [9.17, 15) is 9.00 Å². The topological polar surface area (TPSA) is 37.4 Å². The van der Waals surface area contributed by atoms with Crippen LogP contribution in [0.2, 0.25) is 0 Å². The maximum atomic E-state index is 11.0. The molecule has 5 heteroatoms. The van der Waals surface area contributed by atoms with Crippen LogP contribution in [0.25, 0.3) is 0 Å². The molecule has 1 saturated heterocycles. The Morgan fingerprint density at radius 2 is 2.08 bits per heavy atom. The van der Waals surface area contributed by atoms with Crippen molar-refractivity contribution in [1.82, 2.24) is 4.90 Å². The average molecular weight is 224 g/mol. The average Bonchev–Trinajstić information content (AvgIpc) is 2.04. The van der Waals surface area contributed by atoms with Crippen molar-refractivity contribution in [2.75, 3.05) is 18.8 Å². The third-order valence-electron chi connectivity index (χ3n) is 2.43. The smallest absolute Gasteiger partial charge is 0.219 e. The number of carbonyl (C=O) groups is 1. The number of hydrogen-bond acceptors (Lipinski definition) is 2. The molecule has 0 aromatic rings. The third kappa shape index (κ3) is 3.65. The number of halogens is 1. The number of likely N-dealkylation sites (tertiary alicyclic amines) is 1. The van der Waals surface area contributed by atoms with Gasteiger partial charge in [-0.25, -0.2) is 4.21 Å². The Morgan fingerprint density at radius 1 is 1.54 bits per heavy atom. The molecule has 0 aromatic carbocycles. The van der Waals surface area contributed by atoms with Gasteiger partial charge >= 0.3 is 0 Å². The maximum Gasteiger partial charge on any atom is 0.219 e. The first kappa shape index (κ1) is 11.0. The molecule has 1 unspecified atom stereocenters. The number of hydrogen-bond donors (Lipinski definition) is 0. The zero-order chi connectivity index (χ0) is 9.84. The summed E-state index contributed by atoms with van der Waals surface area (Å²) < 4.78 is 10.7. The molecule has 1 rings (SSSR count). The Hall–Kier alpha value is -0.0900. The van der Waals surface area contributed by atoms with E-state index in [0.29, 0.717) is 11.7 Å². The Morgan fingerprint density at radius 3 is 2.46 bits per heavy atom. The Kier molecular flexibility index (Phi) is 4.19. The molecule has 3 nitrogen and oxygen atoms in total. The van der Waals surface area contributed by atoms with Gasteiger partial charge in [0.25, 0.3) is 0 Å². The molecule has 1 aliphatic heterocycles. The van der Waals surface area contributed by atoms with Crippen LogP contribution in [0.3, 0.4) is 0 Å². The van der Waals surface area contributed by atoms with Gasteiger partial charge in [0.15, 0.2) is 0 Å². The second kappa shape index (κ2) is 4.96. The largest absolute Gasteiger partial charge is 0.343 e. The Bertz CT molecular complexity index is 214. The summed E-state index contributed by atoms with van der Waals surface area (Å²) in [6.45, 7) is 3.15. The van der Waals surface area contributed by atoms with Crippen LogP contribution in [0.5, 0.6) is 0 Å². The first-order valence-corrected chi connectivity index (χ1v) is 6.54. The molecule has 1 amide bonds. The van der Waals surface area contributed by atoms with Crippen LogP contribution in [0.1, 0.15) is 19.8 Å². The van der Waals surface area contributed by atoms with Gasteiger partial charge < -0.3 is 4.90 Å². The van der Waals surface area contributed by atoms with Crippen molar-refractivity contribution in [3.63, 3.8) is 0 Å². The van der Waals surface area contributed by atoms with E-state index >= 15 is 0 Å². The van der Waals surface area contributed by atoms with Crippen molar-refractivity contribution >= 4 is 26.6 Å². The van der Waals surface area contributed by atoms with Gasteiger partial charge in [0, 0.05) is 25.8 Å². The van der Waals surface area contributed by atoms with Crippen molar-refractivity contribution in [3.8, 4) is 0 Å². The van der Waals surface area contributed by atoms with Crippen molar-refractivity contribution in [2.45, 2.75) is 19.8 Å². The minimum Gasteiger partial charge on any atom is -0.343 e. The molecule has 0 aliphatic carbocycles. The van der Waals surface area contributed by atoms with Gasteiger partial charge in [-0.3, -0.25) is 4.79 Å². The number of amides is 1. The summed E-state index contributed by atoms with van der Waals surface area (Å²) in [5.41, 5.74) is 0. The minimum absolute atomic E-state index is 0.130. The maximum absolute atomic E-state index is 11.0. The first-order valence-electron chi connectivity index (χ1n) is 4.39. The summed E-state index contributed by atoms with van der Waals surface area (Å²) in [6, 6.07) is 0. The highest BCUT2D eigenvalue weighted by molar-refractivity contribution is 8.08. The first-order chi connectivity index (χ1) is 6.09. The second-order valence-corrected chi connectivity index (χ2v) is 5.35. The lowest BCUT2D eigenvalue weighted by Crippen LogP contribution is -2.37. The van der Waals surface area contributed by atoms with Gasteiger partial charge in [-0.1, -0.05) is 0 Å². The van der Waals surface area contributed by atoms with Crippen LogP contribution in [0, 0.1) is 5.92 Å². The molecule has 76 valence electrons. The highest BCUT2D eigenvalue weighted by Crippen LogP contribution is 2.18. The predicted octanol–water partition coefficient (Wildman–Crippen LogP) is 1.15. The minimum atomic E-state index is -1.22. The Labute approximate surface area is 85.4 Å². The molecule has 1 fully saturated rings. The third-order valence-corrected chi connectivity index (χ3v) is 3.54. The zero-order valence-corrected chi connectivity index (χ0v) is 9.24. The van der Waals surface area contributed by atoms with E-state index in [1.54, 1.807) is 6.92 Å². The van der Waals surface area contributed by atoms with E-state index < -0.39 is 10.0 Å². The van der Waals surface area contributed by atoms with Gasteiger partial charge in [-0.2, -0.15) is 0 Å². The zero-order valence-electron chi connectivity index (χ0n) is 7.66. The summed E-state index contributed by atoms with van der Waals surface area (Å²) in [7, 11) is 4.19. The molecule has 1 atom stereocenters. The van der Waals surface area contributed by atoms with E-state index in [1.807, 2.05) is 4.90 Å². The highest BCUT2D eigenvalue weighted by atomic mass is 35.7. The number of piperidine rings is 1. The molecule has 0 bridgehead atoms. The van der Waals surface area contributed by atoms with E-state index in [-0.39, 0.29) is 5.91 Å². The van der Waals surface area contributed by atoms with Crippen LogP contribution in [-0.2, 0) is 14.8 Å². The lowest BCUT2D eigenvalue weighted by Gasteiger charge is -2.30. The lowest BCUT2D eigenvalue weighted by atomic mass is 9.99. The molecule has 0 saturated carbocycles. The van der Waals surface area contributed by atoms with Gasteiger partial charge in [0.2, 0.25) is 5.91 Å². The van der Waals surface area contributed by atoms with E-state index in [0.717, 1.165) is 25.9 Å². The van der Waals surface area contributed by atoms with Crippen molar-refractivity contribution < 1.29 is 9.00 Å². The highest BCUT2D eigenvalue weighted by Gasteiger charge is 2.21. The van der Waals surface area contributed by atoms with E-state index in [4.69, 9.17) is 10.7 Å². The molecular formula is C8H14ClNO2S. The SMILES string of the molecule is CC(=O)N1CCC(CS(=O)Cl)CC1. The van der Waals surface area contributed by atoms with Gasteiger partial charge in [-0.15, -0.1) is 0 Å². The van der Waals surface area contributed by atoms with Crippen molar-refractivity contribution in [1.29, 1.82) is 0 Å². The van der Waals surface area contributed by atoms with Crippen LogP contribution in [0.4, 0.5) is 0 Å². The predicted molar refractivity (Wildman–Crippen MR) is 53.8 cm³/mol. The molecule has 0 N–H and O–H groups in total. The summed E-state index contributed by atoms with van der Waals surface area (Å²) in [4.78, 5) is 12.8. The summed E-state index contributed by atoms with van der Waals surface area (Å²) in [5, 5.41) is 0.